The van der Waals surface area contributed by atoms with Crippen LogP contribution in [0.5, 0.6) is 0 Å². The van der Waals surface area contributed by atoms with Gasteiger partial charge in [0.25, 0.3) is 0 Å². The summed E-state index contributed by atoms with van der Waals surface area (Å²) in [4.78, 5) is 15.4. The van der Waals surface area contributed by atoms with Crippen LogP contribution < -0.4 is 5.32 Å². The van der Waals surface area contributed by atoms with Gasteiger partial charge in [-0.15, -0.1) is 0 Å². The van der Waals surface area contributed by atoms with E-state index in [-0.39, 0.29) is 11.6 Å². The van der Waals surface area contributed by atoms with Crippen molar-refractivity contribution in [3.05, 3.63) is 87.4 Å². The average Bonchev–Trinajstić information content (AvgIpc) is 3.19. The van der Waals surface area contributed by atoms with E-state index in [9.17, 15) is 10.1 Å². The zero-order chi connectivity index (χ0) is 19.7. The first-order chi connectivity index (χ1) is 13.5. The molecule has 0 aliphatic rings. The molecule has 1 aromatic carbocycles. The molecule has 0 aliphatic carbocycles. The molecule has 3 heterocycles. The first-order valence-corrected chi connectivity index (χ1v) is 8.95. The smallest absolute Gasteiger partial charge is 0.359 e. The van der Waals surface area contributed by atoms with E-state index in [1.807, 2.05) is 42.8 Å². The molecule has 0 unspecified atom stereocenters. The molecule has 4 rings (SSSR count). The number of hydrogen-bond acceptors (Lipinski definition) is 5. The third-order valence-corrected chi connectivity index (χ3v) is 4.56. The van der Waals surface area contributed by atoms with Crippen LogP contribution in [0.1, 0.15) is 22.5 Å². The van der Waals surface area contributed by atoms with Crippen molar-refractivity contribution in [3.63, 3.8) is 0 Å². The summed E-state index contributed by atoms with van der Waals surface area (Å²) >= 11 is 0. The van der Waals surface area contributed by atoms with Crippen molar-refractivity contribution in [2.24, 2.45) is 0 Å². The van der Waals surface area contributed by atoms with Crippen LogP contribution in [0.25, 0.3) is 5.65 Å². The fourth-order valence-corrected chi connectivity index (χ4v) is 3.31. The van der Waals surface area contributed by atoms with Crippen LogP contribution in [-0.2, 0) is 13.1 Å². The molecule has 4 aromatic rings. The molecular formula is C20H20N6O2. The SMILES string of the molecule is Cc1cc(C)n(Cc2cccc(CNc3nc4ccccn4c3[N+](=O)[O-])c2)n1. The predicted molar refractivity (Wildman–Crippen MR) is 106 cm³/mol. The van der Waals surface area contributed by atoms with Gasteiger partial charge in [-0.05, 0) is 42.0 Å². The lowest BCUT2D eigenvalue weighted by Crippen LogP contribution is -2.06. The summed E-state index contributed by atoms with van der Waals surface area (Å²) in [6, 6.07) is 15.4. The van der Waals surface area contributed by atoms with Crippen molar-refractivity contribution in [1.29, 1.82) is 0 Å². The topological polar surface area (TPSA) is 90.3 Å². The van der Waals surface area contributed by atoms with E-state index in [0.29, 0.717) is 18.7 Å². The Balaban J connectivity index is 1.54. The summed E-state index contributed by atoms with van der Waals surface area (Å²) < 4.78 is 3.44. The second-order valence-electron chi connectivity index (χ2n) is 6.73. The van der Waals surface area contributed by atoms with Gasteiger partial charge in [0.15, 0.2) is 0 Å². The Bertz CT molecular complexity index is 1160. The van der Waals surface area contributed by atoms with Crippen LogP contribution in [0.4, 0.5) is 11.6 Å². The molecule has 1 N–H and O–H groups in total. The maximum atomic E-state index is 11.5. The molecule has 28 heavy (non-hydrogen) atoms. The maximum Gasteiger partial charge on any atom is 0.372 e. The Morgan fingerprint density at radius 2 is 1.93 bits per heavy atom. The van der Waals surface area contributed by atoms with Crippen LogP contribution in [-0.4, -0.2) is 24.1 Å². The van der Waals surface area contributed by atoms with Gasteiger partial charge in [-0.25, -0.2) is 0 Å². The number of pyridine rings is 1. The molecule has 0 atom stereocenters. The van der Waals surface area contributed by atoms with Gasteiger partial charge in [0.05, 0.1) is 18.4 Å². The molecule has 0 bridgehead atoms. The third kappa shape index (κ3) is 3.44. The minimum absolute atomic E-state index is 0.0607. The van der Waals surface area contributed by atoms with Crippen LogP contribution in [0.2, 0.25) is 0 Å². The van der Waals surface area contributed by atoms with Crippen LogP contribution in [0.15, 0.2) is 54.7 Å². The van der Waals surface area contributed by atoms with Crippen LogP contribution >= 0.6 is 0 Å². The summed E-state index contributed by atoms with van der Waals surface area (Å²) in [7, 11) is 0. The second-order valence-corrected chi connectivity index (χ2v) is 6.73. The highest BCUT2D eigenvalue weighted by Crippen LogP contribution is 2.25. The van der Waals surface area contributed by atoms with Gasteiger partial charge in [0.2, 0.25) is 11.5 Å². The number of fused-ring (bicyclic) bond motifs is 1. The zero-order valence-corrected chi connectivity index (χ0v) is 15.7. The number of imidazole rings is 1. The van der Waals surface area contributed by atoms with Crippen LogP contribution in [0.3, 0.4) is 0 Å². The maximum absolute atomic E-state index is 11.5. The minimum atomic E-state index is -0.415. The van der Waals surface area contributed by atoms with Gasteiger partial charge in [0, 0.05) is 18.3 Å². The van der Waals surface area contributed by atoms with E-state index in [0.717, 1.165) is 22.5 Å². The second kappa shape index (κ2) is 7.15. The van der Waals surface area contributed by atoms with Crippen molar-refractivity contribution in [1.82, 2.24) is 19.2 Å². The molecule has 0 saturated carbocycles. The fraction of sp³-hybridized carbons (Fsp3) is 0.200. The molecule has 142 valence electrons. The lowest BCUT2D eigenvalue weighted by Gasteiger charge is -2.08. The van der Waals surface area contributed by atoms with Gasteiger partial charge in [-0.1, -0.05) is 30.3 Å². The van der Waals surface area contributed by atoms with Crippen molar-refractivity contribution < 1.29 is 4.92 Å². The number of nitrogens with one attached hydrogen (secondary N) is 1. The molecule has 8 nitrogen and oxygen atoms in total. The molecule has 0 fully saturated rings. The number of rotatable bonds is 6. The number of anilines is 1. The summed E-state index contributed by atoms with van der Waals surface area (Å²) in [5, 5.41) is 19.1. The highest BCUT2D eigenvalue weighted by atomic mass is 16.6. The standard InChI is InChI=1S/C20H20N6O2/c1-14-10-15(2)25(23-14)13-17-7-5-6-16(11-17)12-21-19-20(26(27)28)24-9-4-3-8-18(24)22-19/h3-11,21H,12-13H2,1-2H3. The summed E-state index contributed by atoms with van der Waals surface area (Å²) in [6.45, 7) is 5.14. The highest BCUT2D eigenvalue weighted by molar-refractivity contribution is 5.62. The molecule has 0 spiro atoms. The predicted octanol–water partition coefficient (Wildman–Crippen LogP) is 3.72. The van der Waals surface area contributed by atoms with Crippen molar-refractivity contribution >= 4 is 17.3 Å². The molecular weight excluding hydrogens is 356 g/mol. The Kier molecular flexibility index (Phi) is 4.52. The zero-order valence-electron chi connectivity index (χ0n) is 15.7. The third-order valence-electron chi connectivity index (χ3n) is 4.56. The van der Waals surface area contributed by atoms with E-state index in [4.69, 9.17) is 0 Å². The summed E-state index contributed by atoms with van der Waals surface area (Å²) in [5.41, 5.74) is 4.78. The fourth-order valence-electron chi connectivity index (χ4n) is 3.31. The minimum Gasteiger partial charge on any atom is -0.359 e. The van der Waals surface area contributed by atoms with E-state index < -0.39 is 4.92 Å². The molecule has 0 radical (unpaired) electrons. The number of aryl methyl sites for hydroxylation is 2. The number of nitro groups is 1. The Morgan fingerprint density at radius 3 is 2.68 bits per heavy atom. The van der Waals surface area contributed by atoms with E-state index in [1.54, 1.807) is 24.4 Å². The molecule has 0 amide bonds. The molecule has 8 heteroatoms. The van der Waals surface area contributed by atoms with Gasteiger partial charge in [0.1, 0.15) is 0 Å². The van der Waals surface area contributed by atoms with Gasteiger partial charge in [-0.3, -0.25) is 4.68 Å². The number of aromatic nitrogens is 4. The van der Waals surface area contributed by atoms with Crippen molar-refractivity contribution in [2.75, 3.05) is 5.32 Å². The Morgan fingerprint density at radius 1 is 1.11 bits per heavy atom. The number of nitrogens with zero attached hydrogens (tertiary/aromatic N) is 5. The van der Waals surface area contributed by atoms with Crippen molar-refractivity contribution in [3.8, 4) is 0 Å². The van der Waals surface area contributed by atoms with E-state index >= 15 is 0 Å². The molecule has 0 aliphatic heterocycles. The lowest BCUT2D eigenvalue weighted by atomic mass is 10.1. The summed E-state index contributed by atoms with van der Waals surface area (Å²) in [6.07, 6.45) is 1.64. The first kappa shape index (κ1) is 17.7. The number of hydrogen-bond donors (Lipinski definition) is 1. The van der Waals surface area contributed by atoms with Gasteiger partial charge >= 0.3 is 5.82 Å². The average molecular weight is 376 g/mol. The quantitative estimate of drug-likeness (QED) is 0.409. The van der Waals surface area contributed by atoms with E-state index in [1.165, 1.54) is 4.40 Å². The van der Waals surface area contributed by atoms with Crippen molar-refractivity contribution in [2.45, 2.75) is 26.9 Å². The Hall–Kier alpha value is -3.68. The number of benzene rings is 1. The normalized spacial score (nSPS) is 11.1. The van der Waals surface area contributed by atoms with Gasteiger partial charge in [-0.2, -0.15) is 14.5 Å². The largest absolute Gasteiger partial charge is 0.372 e. The molecule has 0 saturated heterocycles. The van der Waals surface area contributed by atoms with Gasteiger partial charge < -0.3 is 15.4 Å². The first-order valence-electron chi connectivity index (χ1n) is 8.95. The monoisotopic (exact) mass is 376 g/mol. The van der Waals surface area contributed by atoms with Crippen LogP contribution in [0, 0.1) is 24.0 Å². The van der Waals surface area contributed by atoms with E-state index in [2.05, 4.69) is 21.5 Å². The lowest BCUT2D eigenvalue weighted by molar-refractivity contribution is -0.389. The molecule has 3 aromatic heterocycles. The highest BCUT2D eigenvalue weighted by Gasteiger charge is 2.21. The summed E-state index contributed by atoms with van der Waals surface area (Å²) in [5.74, 6) is 0.203. The Labute approximate surface area is 161 Å².